The fraction of sp³-hybridized carbons (Fsp3) is 0.429. The molecule has 0 aliphatic heterocycles. The van der Waals surface area contributed by atoms with E-state index in [-0.39, 0.29) is 17.2 Å². The van der Waals surface area contributed by atoms with Gasteiger partial charge >= 0.3 is 0 Å². The lowest BCUT2D eigenvalue weighted by Crippen LogP contribution is -2.27. The minimum absolute atomic E-state index is 0.125. The van der Waals surface area contributed by atoms with E-state index in [9.17, 15) is 9.59 Å². The standard InChI is InChI=1S/C21H26N2O2S/c1-21(2,3)14-10-11-15-16(12-14)26-20(17(15)19(25)22-4)23-18(24)13-8-6-5-7-9-13/h5-9,14H,10-12H2,1-4H3,(H,22,25)(H,23,24). The molecule has 1 aliphatic carbocycles. The van der Waals surface area contributed by atoms with E-state index in [4.69, 9.17) is 0 Å². The summed E-state index contributed by atoms with van der Waals surface area (Å²) >= 11 is 1.56. The topological polar surface area (TPSA) is 58.2 Å². The van der Waals surface area contributed by atoms with Gasteiger partial charge in [0.1, 0.15) is 5.00 Å². The first-order chi connectivity index (χ1) is 12.3. The number of hydrogen-bond acceptors (Lipinski definition) is 3. The highest BCUT2D eigenvalue weighted by Crippen LogP contribution is 2.44. The number of carbonyl (C=O) groups excluding carboxylic acids is 2. The number of nitrogens with one attached hydrogen (secondary N) is 2. The van der Waals surface area contributed by atoms with Crippen molar-refractivity contribution < 1.29 is 9.59 Å². The van der Waals surface area contributed by atoms with Gasteiger partial charge in [0.25, 0.3) is 11.8 Å². The van der Waals surface area contributed by atoms with Gasteiger partial charge in [-0.2, -0.15) is 0 Å². The zero-order chi connectivity index (χ0) is 18.9. The molecule has 1 heterocycles. The molecule has 138 valence electrons. The molecular weight excluding hydrogens is 344 g/mol. The molecule has 3 rings (SSSR count). The lowest BCUT2D eigenvalue weighted by Gasteiger charge is -2.33. The maximum atomic E-state index is 12.6. The molecule has 1 aromatic heterocycles. The molecule has 0 fully saturated rings. The summed E-state index contributed by atoms with van der Waals surface area (Å²) < 4.78 is 0. The normalized spacial score (nSPS) is 16.7. The van der Waals surface area contributed by atoms with Crippen LogP contribution in [0.2, 0.25) is 0 Å². The van der Waals surface area contributed by atoms with Crippen molar-refractivity contribution in [3.05, 3.63) is 51.9 Å². The lowest BCUT2D eigenvalue weighted by atomic mass is 9.72. The van der Waals surface area contributed by atoms with Gasteiger partial charge in [0.05, 0.1) is 5.56 Å². The number of thiophene rings is 1. The number of fused-ring (bicyclic) bond motifs is 1. The number of hydrogen-bond donors (Lipinski definition) is 2. The fourth-order valence-corrected chi connectivity index (χ4v) is 4.86. The Morgan fingerprint density at radius 2 is 1.81 bits per heavy atom. The average molecular weight is 371 g/mol. The second-order valence-corrected chi connectivity index (χ2v) is 9.02. The van der Waals surface area contributed by atoms with Gasteiger partial charge in [-0.3, -0.25) is 9.59 Å². The van der Waals surface area contributed by atoms with Crippen LogP contribution in [0.15, 0.2) is 30.3 Å². The number of rotatable bonds is 3. The molecular formula is C21H26N2O2S. The van der Waals surface area contributed by atoms with Crippen molar-refractivity contribution in [3.8, 4) is 0 Å². The predicted octanol–water partition coefficient (Wildman–Crippen LogP) is 4.51. The Labute approximate surface area is 159 Å². The van der Waals surface area contributed by atoms with Crippen LogP contribution in [0.3, 0.4) is 0 Å². The zero-order valence-electron chi connectivity index (χ0n) is 15.8. The predicted molar refractivity (Wildman–Crippen MR) is 107 cm³/mol. The Hall–Kier alpha value is -2.14. The van der Waals surface area contributed by atoms with E-state index in [1.807, 2.05) is 18.2 Å². The highest BCUT2D eigenvalue weighted by Gasteiger charge is 2.33. The van der Waals surface area contributed by atoms with Crippen LogP contribution in [0.25, 0.3) is 0 Å². The summed E-state index contributed by atoms with van der Waals surface area (Å²) in [5, 5.41) is 6.36. The van der Waals surface area contributed by atoms with Gasteiger partial charge in [0, 0.05) is 17.5 Å². The van der Waals surface area contributed by atoms with Crippen LogP contribution in [-0.4, -0.2) is 18.9 Å². The number of benzene rings is 1. The third kappa shape index (κ3) is 3.68. The molecule has 26 heavy (non-hydrogen) atoms. The second kappa shape index (κ2) is 7.23. The Bertz CT molecular complexity index is 819. The van der Waals surface area contributed by atoms with E-state index in [0.29, 0.717) is 22.0 Å². The maximum absolute atomic E-state index is 12.6. The largest absolute Gasteiger partial charge is 0.355 e. The highest BCUT2D eigenvalue weighted by molar-refractivity contribution is 7.17. The Morgan fingerprint density at radius 3 is 2.42 bits per heavy atom. The monoisotopic (exact) mass is 370 g/mol. The number of anilines is 1. The first-order valence-electron chi connectivity index (χ1n) is 9.04. The quantitative estimate of drug-likeness (QED) is 0.835. The van der Waals surface area contributed by atoms with Gasteiger partial charge in [-0.1, -0.05) is 39.0 Å². The van der Waals surface area contributed by atoms with Crippen LogP contribution in [0.4, 0.5) is 5.00 Å². The molecule has 2 amide bonds. The molecule has 1 atom stereocenters. The summed E-state index contributed by atoms with van der Waals surface area (Å²) in [6.07, 6.45) is 2.93. The Balaban J connectivity index is 1.94. The van der Waals surface area contributed by atoms with Gasteiger partial charge in [-0.05, 0) is 48.3 Å². The van der Waals surface area contributed by atoms with E-state index in [1.54, 1.807) is 30.5 Å². The minimum atomic E-state index is -0.179. The molecule has 1 aromatic carbocycles. The molecule has 5 heteroatoms. The van der Waals surface area contributed by atoms with E-state index in [0.717, 1.165) is 24.8 Å². The molecule has 4 nitrogen and oxygen atoms in total. The zero-order valence-corrected chi connectivity index (χ0v) is 16.6. The average Bonchev–Trinajstić information content (AvgIpc) is 2.98. The van der Waals surface area contributed by atoms with Crippen LogP contribution in [0.5, 0.6) is 0 Å². The smallest absolute Gasteiger partial charge is 0.256 e. The fourth-order valence-electron chi connectivity index (χ4n) is 3.54. The van der Waals surface area contributed by atoms with Crippen molar-refractivity contribution in [1.82, 2.24) is 5.32 Å². The lowest BCUT2D eigenvalue weighted by molar-refractivity contribution is 0.0963. The third-order valence-electron chi connectivity index (χ3n) is 5.21. The van der Waals surface area contributed by atoms with Gasteiger partial charge in [-0.25, -0.2) is 0 Å². The summed E-state index contributed by atoms with van der Waals surface area (Å²) in [7, 11) is 1.63. The van der Waals surface area contributed by atoms with Crippen molar-refractivity contribution in [2.75, 3.05) is 12.4 Å². The van der Waals surface area contributed by atoms with E-state index in [2.05, 4.69) is 31.4 Å². The van der Waals surface area contributed by atoms with Crippen LogP contribution < -0.4 is 10.6 Å². The summed E-state index contributed by atoms with van der Waals surface area (Å²) in [6.45, 7) is 6.82. The SMILES string of the molecule is CNC(=O)c1c(NC(=O)c2ccccc2)sc2c1CCC(C(C)(C)C)C2. The van der Waals surface area contributed by atoms with Gasteiger partial charge in [-0.15, -0.1) is 11.3 Å². The summed E-state index contributed by atoms with van der Waals surface area (Å²) in [5.41, 5.74) is 2.58. The van der Waals surface area contributed by atoms with Crippen molar-refractivity contribution in [2.45, 2.75) is 40.0 Å². The second-order valence-electron chi connectivity index (χ2n) is 7.91. The Kier molecular flexibility index (Phi) is 5.19. The highest BCUT2D eigenvalue weighted by atomic mass is 32.1. The molecule has 0 saturated heterocycles. The summed E-state index contributed by atoms with van der Waals surface area (Å²) in [4.78, 5) is 26.3. The first kappa shape index (κ1) is 18.6. The van der Waals surface area contributed by atoms with Crippen LogP contribution in [0.1, 0.15) is 58.3 Å². The molecule has 0 spiro atoms. The molecule has 0 saturated carbocycles. The van der Waals surface area contributed by atoms with Gasteiger partial charge < -0.3 is 10.6 Å². The van der Waals surface area contributed by atoms with E-state index >= 15 is 0 Å². The Morgan fingerprint density at radius 1 is 1.12 bits per heavy atom. The molecule has 1 aliphatic rings. The number of carbonyl (C=O) groups is 2. The van der Waals surface area contributed by atoms with Crippen molar-refractivity contribution in [3.63, 3.8) is 0 Å². The van der Waals surface area contributed by atoms with Crippen molar-refractivity contribution >= 4 is 28.2 Å². The van der Waals surface area contributed by atoms with Crippen molar-refractivity contribution in [2.24, 2.45) is 11.3 Å². The molecule has 0 radical (unpaired) electrons. The molecule has 0 bridgehead atoms. The molecule has 2 N–H and O–H groups in total. The minimum Gasteiger partial charge on any atom is -0.355 e. The van der Waals surface area contributed by atoms with E-state index in [1.165, 1.54) is 4.88 Å². The van der Waals surface area contributed by atoms with Gasteiger partial charge in [0.15, 0.2) is 0 Å². The summed E-state index contributed by atoms with van der Waals surface area (Å²) in [5.74, 6) is 0.283. The van der Waals surface area contributed by atoms with E-state index < -0.39 is 0 Å². The van der Waals surface area contributed by atoms with Crippen LogP contribution in [0, 0.1) is 11.3 Å². The molecule has 1 unspecified atom stereocenters. The van der Waals surface area contributed by atoms with Crippen LogP contribution >= 0.6 is 11.3 Å². The third-order valence-corrected chi connectivity index (χ3v) is 6.38. The first-order valence-corrected chi connectivity index (χ1v) is 9.86. The number of amides is 2. The maximum Gasteiger partial charge on any atom is 0.256 e. The van der Waals surface area contributed by atoms with Crippen LogP contribution in [-0.2, 0) is 12.8 Å². The summed E-state index contributed by atoms with van der Waals surface area (Å²) in [6, 6.07) is 9.10. The van der Waals surface area contributed by atoms with Gasteiger partial charge in [0.2, 0.25) is 0 Å². The molecule has 2 aromatic rings. The van der Waals surface area contributed by atoms with Crippen molar-refractivity contribution in [1.29, 1.82) is 0 Å².